The molecule has 1 fully saturated rings. The van der Waals surface area contributed by atoms with Gasteiger partial charge in [-0.2, -0.15) is 22.7 Å². The highest BCUT2D eigenvalue weighted by Crippen LogP contribution is 2.27. The molecular formula is C13H16F3N5O2. The number of aromatic nitrogens is 4. The van der Waals surface area contributed by atoms with Crippen molar-refractivity contribution < 1.29 is 23.0 Å². The molecule has 7 nitrogen and oxygen atoms in total. The minimum absolute atomic E-state index is 0.140. The minimum Gasteiger partial charge on any atom is -0.388 e. The van der Waals surface area contributed by atoms with Gasteiger partial charge in [-0.1, -0.05) is 0 Å². The molecule has 3 heterocycles. The van der Waals surface area contributed by atoms with E-state index in [1.807, 2.05) is 0 Å². The van der Waals surface area contributed by atoms with Crippen molar-refractivity contribution in [2.75, 3.05) is 25.1 Å². The van der Waals surface area contributed by atoms with Crippen molar-refractivity contribution in [3.8, 4) is 0 Å². The van der Waals surface area contributed by atoms with Crippen LogP contribution in [0, 0.1) is 6.92 Å². The van der Waals surface area contributed by atoms with E-state index in [1.54, 1.807) is 13.0 Å². The number of nitrogens with zero attached hydrogens (tertiary/aromatic N) is 4. The molecule has 0 bridgehead atoms. The van der Waals surface area contributed by atoms with Crippen LogP contribution in [0.4, 0.5) is 19.0 Å². The lowest BCUT2D eigenvalue weighted by atomic mass is 9.94. The molecule has 0 radical (unpaired) electrons. The SMILES string of the molecule is Cc1cc(NCC2(O)CCOCC2)n2nc(C(F)(F)F)nc2n1. The zero-order chi connectivity index (χ0) is 16.7. The third-order valence-electron chi connectivity index (χ3n) is 3.72. The summed E-state index contributed by atoms with van der Waals surface area (Å²) in [6.07, 6.45) is -3.73. The second-order valence-corrected chi connectivity index (χ2v) is 5.62. The van der Waals surface area contributed by atoms with E-state index in [0.29, 0.717) is 37.6 Å². The van der Waals surface area contributed by atoms with Crippen LogP contribution in [0.25, 0.3) is 5.78 Å². The molecule has 10 heteroatoms. The average Bonchev–Trinajstić information content (AvgIpc) is 2.89. The molecule has 1 aliphatic heterocycles. The molecule has 1 aliphatic rings. The smallest absolute Gasteiger partial charge is 0.388 e. The number of hydrogen-bond donors (Lipinski definition) is 2. The van der Waals surface area contributed by atoms with Gasteiger partial charge in [0.1, 0.15) is 5.82 Å². The van der Waals surface area contributed by atoms with E-state index in [2.05, 4.69) is 20.4 Å². The van der Waals surface area contributed by atoms with Gasteiger partial charge in [0.25, 0.3) is 11.6 Å². The van der Waals surface area contributed by atoms with Crippen LogP contribution in [0.15, 0.2) is 6.07 Å². The summed E-state index contributed by atoms with van der Waals surface area (Å²) in [5.41, 5.74) is -0.463. The lowest BCUT2D eigenvalue weighted by molar-refractivity contribution is -0.144. The van der Waals surface area contributed by atoms with Crippen molar-refractivity contribution in [2.45, 2.75) is 31.5 Å². The molecule has 2 aromatic rings. The first-order chi connectivity index (χ1) is 10.8. The first-order valence-corrected chi connectivity index (χ1v) is 7.12. The number of ether oxygens (including phenoxy) is 1. The Morgan fingerprint density at radius 3 is 2.70 bits per heavy atom. The van der Waals surface area contributed by atoms with E-state index >= 15 is 0 Å². The summed E-state index contributed by atoms with van der Waals surface area (Å²) in [5.74, 6) is -1.09. The lowest BCUT2D eigenvalue weighted by Gasteiger charge is -2.32. The molecule has 0 aromatic carbocycles. The second kappa shape index (κ2) is 5.60. The van der Waals surface area contributed by atoms with Crippen molar-refractivity contribution >= 4 is 11.6 Å². The maximum Gasteiger partial charge on any atom is 0.453 e. The Morgan fingerprint density at radius 2 is 2.04 bits per heavy atom. The summed E-state index contributed by atoms with van der Waals surface area (Å²) in [6.45, 7) is 2.72. The van der Waals surface area contributed by atoms with Gasteiger partial charge in [0, 0.05) is 44.4 Å². The largest absolute Gasteiger partial charge is 0.453 e. The number of fused-ring (bicyclic) bond motifs is 1. The van der Waals surface area contributed by atoms with Gasteiger partial charge in [-0.25, -0.2) is 4.98 Å². The van der Waals surface area contributed by atoms with E-state index in [-0.39, 0.29) is 12.3 Å². The van der Waals surface area contributed by atoms with Gasteiger partial charge in [0.05, 0.1) is 5.60 Å². The second-order valence-electron chi connectivity index (χ2n) is 5.62. The molecular weight excluding hydrogens is 315 g/mol. The van der Waals surface area contributed by atoms with Crippen LogP contribution in [-0.4, -0.2) is 50.0 Å². The van der Waals surface area contributed by atoms with Crippen LogP contribution in [-0.2, 0) is 10.9 Å². The highest BCUT2D eigenvalue weighted by molar-refractivity contribution is 5.45. The van der Waals surface area contributed by atoms with E-state index in [9.17, 15) is 18.3 Å². The number of alkyl halides is 3. The van der Waals surface area contributed by atoms with Gasteiger partial charge in [-0.05, 0) is 6.92 Å². The van der Waals surface area contributed by atoms with Gasteiger partial charge < -0.3 is 15.2 Å². The fourth-order valence-corrected chi connectivity index (χ4v) is 2.42. The summed E-state index contributed by atoms with van der Waals surface area (Å²) in [4.78, 5) is 7.36. The Hall–Kier alpha value is -1.94. The number of halogens is 3. The van der Waals surface area contributed by atoms with E-state index < -0.39 is 17.6 Å². The molecule has 0 spiro atoms. The zero-order valence-electron chi connectivity index (χ0n) is 12.4. The summed E-state index contributed by atoms with van der Waals surface area (Å²) in [5, 5.41) is 16.8. The lowest BCUT2D eigenvalue weighted by Crippen LogP contribution is -2.42. The maximum absolute atomic E-state index is 12.8. The molecule has 1 saturated heterocycles. The normalized spacial score (nSPS) is 18.3. The quantitative estimate of drug-likeness (QED) is 0.884. The Bertz CT molecular complexity index is 709. The van der Waals surface area contributed by atoms with Crippen LogP contribution in [0.1, 0.15) is 24.4 Å². The number of hydrogen-bond acceptors (Lipinski definition) is 6. The molecule has 3 rings (SSSR count). The van der Waals surface area contributed by atoms with Crippen LogP contribution in [0.2, 0.25) is 0 Å². The molecule has 2 aromatic heterocycles. The van der Waals surface area contributed by atoms with Crippen molar-refractivity contribution in [3.63, 3.8) is 0 Å². The van der Waals surface area contributed by atoms with Gasteiger partial charge >= 0.3 is 6.18 Å². The third-order valence-corrected chi connectivity index (χ3v) is 3.72. The van der Waals surface area contributed by atoms with Crippen molar-refractivity contribution in [2.24, 2.45) is 0 Å². The van der Waals surface area contributed by atoms with E-state index in [1.165, 1.54) is 0 Å². The van der Waals surface area contributed by atoms with Crippen molar-refractivity contribution in [1.29, 1.82) is 0 Å². The first-order valence-electron chi connectivity index (χ1n) is 7.12. The zero-order valence-corrected chi connectivity index (χ0v) is 12.4. The van der Waals surface area contributed by atoms with Gasteiger partial charge in [0.2, 0.25) is 0 Å². The molecule has 23 heavy (non-hydrogen) atoms. The summed E-state index contributed by atoms with van der Waals surface area (Å²) in [6, 6.07) is 1.56. The fourth-order valence-electron chi connectivity index (χ4n) is 2.42. The predicted octanol–water partition coefficient (Wildman–Crippen LogP) is 1.40. The summed E-state index contributed by atoms with van der Waals surface area (Å²) < 4.78 is 44.5. The molecule has 0 amide bonds. The highest BCUT2D eigenvalue weighted by atomic mass is 19.4. The fraction of sp³-hybridized carbons (Fsp3) is 0.615. The van der Waals surface area contributed by atoms with E-state index in [0.717, 1.165) is 4.52 Å². The molecule has 0 saturated carbocycles. The molecule has 0 aliphatic carbocycles. The minimum atomic E-state index is -4.64. The number of rotatable bonds is 3. The van der Waals surface area contributed by atoms with Gasteiger partial charge in [0.15, 0.2) is 0 Å². The summed E-state index contributed by atoms with van der Waals surface area (Å²) in [7, 11) is 0. The van der Waals surface area contributed by atoms with Crippen LogP contribution < -0.4 is 5.32 Å². The number of anilines is 1. The van der Waals surface area contributed by atoms with Crippen LogP contribution in [0.3, 0.4) is 0 Å². The van der Waals surface area contributed by atoms with Gasteiger partial charge in [-0.3, -0.25) is 0 Å². The molecule has 0 unspecified atom stereocenters. The van der Waals surface area contributed by atoms with Crippen LogP contribution >= 0.6 is 0 Å². The number of nitrogens with one attached hydrogen (secondary N) is 1. The number of aliphatic hydroxyl groups is 1. The summed E-state index contributed by atoms with van der Waals surface area (Å²) >= 11 is 0. The third kappa shape index (κ3) is 3.37. The van der Waals surface area contributed by atoms with Crippen molar-refractivity contribution in [3.05, 3.63) is 17.6 Å². The Labute approximate surface area is 129 Å². The van der Waals surface area contributed by atoms with Crippen molar-refractivity contribution in [1.82, 2.24) is 19.6 Å². The maximum atomic E-state index is 12.8. The Morgan fingerprint density at radius 1 is 1.35 bits per heavy atom. The Balaban J connectivity index is 1.89. The Kier molecular flexibility index (Phi) is 3.88. The topological polar surface area (TPSA) is 84.6 Å². The van der Waals surface area contributed by atoms with E-state index in [4.69, 9.17) is 4.74 Å². The predicted molar refractivity (Wildman–Crippen MR) is 74.0 cm³/mol. The molecule has 2 N–H and O–H groups in total. The number of aryl methyl sites for hydroxylation is 1. The highest BCUT2D eigenvalue weighted by Gasteiger charge is 2.37. The van der Waals surface area contributed by atoms with Gasteiger partial charge in [-0.15, -0.1) is 5.10 Å². The van der Waals surface area contributed by atoms with Crippen LogP contribution in [0.5, 0.6) is 0 Å². The molecule has 0 atom stereocenters. The average molecular weight is 331 g/mol. The first kappa shape index (κ1) is 15.9. The monoisotopic (exact) mass is 331 g/mol. The molecule has 126 valence electrons. The standard InChI is InChI=1S/C13H16F3N5O2/c1-8-6-9(17-7-12(22)2-4-23-5-3-12)21-11(18-8)19-10(20-21)13(14,15)16/h6,17,22H,2-5,7H2,1H3.